The molecule has 26 heavy (non-hydrogen) atoms. The average molecular weight is 453 g/mol. The number of hydrogen-bond donors (Lipinski definition) is 0. The number of benzene rings is 2. The van der Waals surface area contributed by atoms with Crippen molar-refractivity contribution in [2.45, 2.75) is 13.5 Å². The van der Waals surface area contributed by atoms with Crippen LogP contribution in [0, 0.1) is 0 Å². The Morgan fingerprint density at radius 3 is 2.69 bits per heavy atom. The van der Waals surface area contributed by atoms with E-state index in [1.807, 2.05) is 42.5 Å². The summed E-state index contributed by atoms with van der Waals surface area (Å²) < 4.78 is 6.77. The van der Waals surface area contributed by atoms with Crippen molar-refractivity contribution in [3.05, 3.63) is 68.0 Å². The first kappa shape index (κ1) is 19.0. The van der Waals surface area contributed by atoms with Crippen LogP contribution in [0.4, 0.5) is 4.79 Å². The summed E-state index contributed by atoms with van der Waals surface area (Å²) in [5.74, 6) is 0.330. The first-order valence-electron chi connectivity index (χ1n) is 7.90. The highest BCUT2D eigenvalue weighted by atomic mass is 79.9. The number of halogens is 2. The van der Waals surface area contributed by atoms with Crippen LogP contribution in [0.5, 0.6) is 5.75 Å². The van der Waals surface area contributed by atoms with Gasteiger partial charge in [0, 0.05) is 27.2 Å². The molecule has 4 nitrogen and oxygen atoms in total. The molecule has 1 saturated heterocycles. The molecule has 0 N–H and O–H groups in total. The van der Waals surface area contributed by atoms with Gasteiger partial charge in [0.15, 0.2) is 0 Å². The van der Waals surface area contributed by atoms with Crippen molar-refractivity contribution >= 4 is 56.5 Å². The van der Waals surface area contributed by atoms with E-state index in [1.54, 1.807) is 13.0 Å². The van der Waals surface area contributed by atoms with E-state index in [4.69, 9.17) is 16.3 Å². The molecule has 0 saturated carbocycles. The van der Waals surface area contributed by atoms with E-state index in [1.165, 1.54) is 4.90 Å². The molecule has 0 unspecified atom stereocenters. The number of imide groups is 1. The molecule has 0 radical (unpaired) electrons. The third-order valence-corrected chi connectivity index (χ3v) is 5.56. The Hall–Kier alpha value is -1.76. The highest BCUT2D eigenvalue weighted by Gasteiger charge is 2.33. The molecule has 1 heterocycles. The Bertz CT molecular complexity index is 900. The molecule has 134 valence electrons. The summed E-state index contributed by atoms with van der Waals surface area (Å²) in [6.07, 6.45) is 1.69. The van der Waals surface area contributed by atoms with Gasteiger partial charge in [0.1, 0.15) is 12.4 Å². The number of thioether (sulfide) groups is 1. The number of ether oxygens (including phenoxy) is 1. The van der Waals surface area contributed by atoms with Crippen molar-refractivity contribution in [1.29, 1.82) is 0 Å². The highest BCUT2D eigenvalue weighted by molar-refractivity contribution is 9.10. The predicted molar refractivity (Wildman–Crippen MR) is 108 cm³/mol. The summed E-state index contributed by atoms with van der Waals surface area (Å²) in [7, 11) is 0. The molecule has 0 aliphatic carbocycles. The third kappa shape index (κ3) is 4.14. The van der Waals surface area contributed by atoms with Crippen LogP contribution in [-0.4, -0.2) is 22.6 Å². The smallest absolute Gasteiger partial charge is 0.293 e. The Kier molecular flexibility index (Phi) is 6.06. The fourth-order valence-electron chi connectivity index (χ4n) is 2.45. The largest absolute Gasteiger partial charge is 0.488 e. The zero-order valence-corrected chi connectivity index (χ0v) is 17.0. The number of hydrogen-bond acceptors (Lipinski definition) is 4. The molecule has 2 amide bonds. The van der Waals surface area contributed by atoms with Gasteiger partial charge in [-0.2, -0.15) is 0 Å². The number of nitrogens with zero attached hydrogens (tertiary/aromatic N) is 1. The lowest BCUT2D eigenvalue weighted by molar-refractivity contribution is -0.122. The van der Waals surface area contributed by atoms with E-state index < -0.39 is 0 Å². The summed E-state index contributed by atoms with van der Waals surface area (Å²) in [4.78, 5) is 25.8. The van der Waals surface area contributed by atoms with Gasteiger partial charge in [-0.25, -0.2) is 0 Å². The molecule has 1 aliphatic heterocycles. The summed E-state index contributed by atoms with van der Waals surface area (Å²) >= 11 is 10.5. The molecule has 0 spiro atoms. The van der Waals surface area contributed by atoms with Gasteiger partial charge in [0.05, 0.1) is 4.91 Å². The second kappa shape index (κ2) is 8.29. The van der Waals surface area contributed by atoms with Crippen molar-refractivity contribution in [2.24, 2.45) is 0 Å². The zero-order valence-electron chi connectivity index (χ0n) is 13.9. The van der Waals surface area contributed by atoms with Gasteiger partial charge < -0.3 is 4.74 Å². The minimum absolute atomic E-state index is 0.253. The summed E-state index contributed by atoms with van der Waals surface area (Å²) in [5, 5.41) is 0.382. The first-order valence-corrected chi connectivity index (χ1v) is 9.89. The molecule has 3 rings (SSSR count). The minimum atomic E-state index is -0.278. The van der Waals surface area contributed by atoms with Crippen molar-refractivity contribution in [3.63, 3.8) is 0 Å². The maximum Gasteiger partial charge on any atom is 0.293 e. The molecule has 1 aliphatic rings. The van der Waals surface area contributed by atoms with Gasteiger partial charge in [0.25, 0.3) is 11.1 Å². The molecule has 1 fully saturated rings. The van der Waals surface area contributed by atoms with Gasteiger partial charge in [-0.15, -0.1) is 0 Å². The lowest BCUT2D eigenvalue weighted by Gasteiger charge is -2.11. The van der Waals surface area contributed by atoms with E-state index in [9.17, 15) is 9.59 Å². The van der Waals surface area contributed by atoms with Gasteiger partial charge in [-0.3, -0.25) is 14.5 Å². The molecule has 0 bridgehead atoms. The van der Waals surface area contributed by atoms with Crippen molar-refractivity contribution in [1.82, 2.24) is 4.90 Å². The summed E-state index contributed by atoms with van der Waals surface area (Å²) in [6, 6.07) is 13.0. The minimum Gasteiger partial charge on any atom is -0.488 e. The highest BCUT2D eigenvalue weighted by Crippen LogP contribution is 2.35. The van der Waals surface area contributed by atoms with Crippen LogP contribution in [0.3, 0.4) is 0 Å². The van der Waals surface area contributed by atoms with Crippen LogP contribution in [0.2, 0.25) is 5.02 Å². The van der Waals surface area contributed by atoms with Gasteiger partial charge in [-0.05, 0) is 49.0 Å². The Morgan fingerprint density at radius 1 is 1.23 bits per heavy atom. The number of carbonyl (C=O) groups excluding carboxylic acids is 2. The van der Waals surface area contributed by atoms with Crippen LogP contribution >= 0.6 is 39.3 Å². The van der Waals surface area contributed by atoms with E-state index in [0.29, 0.717) is 34.4 Å². The lowest BCUT2D eigenvalue weighted by Crippen LogP contribution is -2.27. The number of rotatable bonds is 5. The number of likely N-dealkylation sites (N-methyl/N-ethyl adjacent to an activating group) is 1. The normalized spacial score (nSPS) is 15.8. The lowest BCUT2D eigenvalue weighted by atomic mass is 10.1. The van der Waals surface area contributed by atoms with E-state index >= 15 is 0 Å². The molecule has 2 aromatic carbocycles. The SMILES string of the molecule is CCN1C(=O)S/C(=C/c2cc(Br)ccc2OCc2ccccc2Cl)C1=O. The van der Waals surface area contributed by atoms with Crippen molar-refractivity contribution in [3.8, 4) is 5.75 Å². The quantitative estimate of drug-likeness (QED) is 0.543. The zero-order chi connectivity index (χ0) is 18.7. The Balaban J connectivity index is 1.87. The second-order valence-electron chi connectivity index (χ2n) is 5.49. The monoisotopic (exact) mass is 451 g/mol. The van der Waals surface area contributed by atoms with Crippen LogP contribution in [0.25, 0.3) is 6.08 Å². The van der Waals surface area contributed by atoms with Crippen LogP contribution in [-0.2, 0) is 11.4 Å². The fraction of sp³-hybridized carbons (Fsp3) is 0.158. The van der Waals surface area contributed by atoms with Gasteiger partial charge in [-0.1, -0.05) is 45.7 Å². The molecule has 0 atom stereocenters. The van der Waals surface area contributed by atoms with E-state index in [0.717, 1.165) is 21.8 Å². The average Bonchev–Trinajstić information content (AvgIpc) is 2.88. The van der Waals surface area contributed by atoms with Gasteiger partial charge >= 0.3 is 0 Å². The number of carbonyl (C=O) groups is 2. The maximum absolute atomic E-state index is 12.3. The topological polar surface area (TPSA) is 46.6 Å². The van der Waals surface area contributed by atoms with Crippen molar-refractivity contribution in [2.75, 3.05) is 6.54 Å². The van der Waals surface area contributed by atoms with Crippen molar-refractivity contribution < 1.29 is 14.3 Å². The molecular weight excluding hydrogens is 438 g/mol. The second-order valence-corrected chi connectivity index (χ2v) is 7.80. The fourth-order valence-corrected chi connectivity index (χ4v) is 3.91. The summed E-state index contributed by atoms with van der Waals surface area (Å²) in [6.45, 7) is 2.44. The standard InChI is InChI=1S/C19H15BrClNO3S/c1-2-22-18(23)17(26-19(22)24)10-13-9-14(20)7-8-16(13)25-11-12-5-3-4-6-15(12)21/h3-10H,2,11H2,1H3/b17-10+. The van der Waals surface area contributed by atoms with E-state index in [2.05, 4.69) is 15.9 Å². The van der Waals surface area contributed by atoms with Gasteiger partial charge in [0.2, 0.25) is 0 Å². The van der Waals surface area contributed by atoms with E-state index in [-0.39, 0.29) is 11.1 Å². The Labute approximate surface area is 169 Å². The molecule has 7 heteroatoms. The van der Waals surface area contributed by atoms with Crippen LogP contribution < -0.4 is 4.74 Å². The third-order valence-electron chi connectivity index (χ3n) is 3.79. The van der Waals surface area contributed by atoms with Crippen LogP contribution in [0.15, 0.2) is 51.8 Å². The number of amides is 2. The maximum atomic E-state index is 12.3. The molecular formula is C19H15BrClNO3S. The molecule has 0 aromatic heterocycles. The van der Waals surface area contributed by atoms with Crippen LogP contribution in [0.1, 0.15) is 18.1 Å². The first-order chi connectivity index (χ1) is 12.5. The predicted octanol–water partition coefficient (Wildman–Crippen LogP) is 5.74. The molecule has 2 aromatic rings. The summed E-state index contributed by atoms with van der Waals surface area (Å²) in [5.41, 5.74) is 1.59. The Morgan fingerprint density at radius 2 is 2.00 bits per heavy atom.